The monoisotopic (exact) mass is 857 g/mol. The number of rotatable bonds is 47. The first kappa shape index (κ1) is 57.8. The molecule has 0 saturated carbocycles. The lowest BCUT2D eigenvalue weighted by atomic mass is 10.0. The second-order valence-corrected chi connectivity index (χ2v) is 19.7. The summed E-state index contributed by atoms with van der Waals surface area (Å²) < 4.78 is 38.9. The van der Waals surface area contributed by atoms with Gasteiger partial charge < -0.3 is 14.4 Å². The number of nitrogens with zero attached hydrogens (tertiary/aromatic N) is 1. The van der Waals surface area contributed by atoms with Crippen molar-refractivity contribution in [3.05, 3.63) is 0 Å². The highest BCUT2D eigenvalue weighted by Crippen LogP contribution is 2.19. The molecule has 8 nitrogen and oxygen atoms in total. The Morgan fingerprint density at radius 3 is 1.22 bits per heavy atom. The summed E-state index contributed by atoms with van der Waals surface area (Å²) >= 11 is 0. The van der Waals surface area contributed by atoms with Gasteiger partial charge >= 0.3 is 11.9 Å². The molecule has 0 aromatic carbocycles. The summed E-state index contributed by atoms with van der Waals surface area (Å²) in [4.78, 5) is 27.8. The molecule has 0 aromatic heterocycles. The number of esters is 2. The Hall–Kier alpha value is -1.19. The van der Waals surface area contributed by atoms with Crippen molar-refractivity contribution in [1.82, 2.24) is 9.62 Å². The Morgan fingerprint density at radius 1 is 0.441 bits per heavy atom. The molecule has 0 aliphatic carbocycles. The third-order valence-electron chi connectivity index (χ3n) is 11.8. The highest BCUT2D eigenvalue weighted by Gasteiger charge is 2.15. The summed E-state index contributed by atoms with van der Waals surface area (Å²) in [6, 6.07) is 0. The van der Waals surface area contributed by atoms with E-state index in [1.165, 1.54) is 109 Å². The van der Waals surface area contributed by atoms with Crippen molar-refractivity contribution in [1.29, 1.82) is 0 Å². The average Bonchev–Trinajstić information content (AvgIpc) is 3.21. The molecule has 0 spiro atoms. The molecule has 0 heterocycles. The Labute approximate surface area is 367 Å². The van der Waals surface area contributed by atoms with Crippen molar-refractivity contribution in [2.75, 3.05) is 31.9 Å². The van der Waals surface area contributed by atoms with Crippen LogP contribution < -0.4 is 4.72 Å². The molecular formula is C50H100N2O6S. The van der Waals surface area contributed by atoms with E-state index in [2.05, 4.69) is 37.3 Å². The number of hydrogen-bond acceptors (Lipinski definition) is 7. The van der Waals surface area contributed by atoms with E-state index in [1.807, 2.05) is 6.92 Å². The lowest BCUT2D eigenvalue weighted by molar-refractivity contribution is -0.150. The van der Waals surface area contributed by atoms with Gasteiger partial charge in [0.05, 0.1) is 5.75 Å². The SMILES string of the molecule is CCCCCCCCC(CC)OC(=O)CCCCCCCN(CCCCCCCC(=O)OC(CCCCCCCC)CCCCCCCC)CCCNS(=O)(=O)CCC. The molecule has 0 radical (unpaired) electrons. The number of carbonyl (C=O) groups is 2. The van der Waals surface area contributed by atoms with Crippen LogP contribution in [-0.4, -0.2) is 69.4 Å². The third-order valence-corrected chi connectivity index (χ3v) is 13.4. The van der Waals surface area contributed by atoms with Gasteiger partial charge in [-0.25, -0.2) is 13.1 Å². The van der Waals surface area contributed by atoms with E-state index in [1.54, 1.807) is 0 Å². The Balaban J connectivity index is 4.52. The first-order chi connectivity index (χ1) is 28.7. The second-order valence-electron chi connectivity index (χ2n) is 17.7. The number of nitrogens with one attached hydrogen (secondary N) is 1. The van der Waals surface area contributed by atoms with Crippen LogP contribution in [0.2, 0.25) is 0 Å². The third kappa shape index (κ3) is 40.6. The van der Waals surface area contributed by atoms with Gasteiger partial charge in [-0.3, -0.25) is 9.59 Å². The highest BCUT2D eigenvalue weighted by atomic mass is 32.2. The Morgan fingerprint density at radius 2 is 0.797 bits per heavy atom. The fourth-order valence-electron chi connectivity index (χ4n) is 8.03. The van der Waals surface area contributed by atoms with E-state index in [-0.39, 0.29) is 29.9 Å². The zero-order chi connectivity index (χ0) is 43.5. The molecule has 0 bridgehead atoms. The van der Waals surface area contributed by atoms with Crippen LogP contribution >= 0.6 is 0 Å². The van der Waals surface area contributed by atoms with Gasteiger partial charge in [-0.1, -0.05) is 169 Å². The lowest BCUT2D eigenvalue weighted by Gasteiger charge is -2.22. The minimum atomic E-state index is -3.18. The molecular weight excluding hydrogens is 757 g/mol. The van der Waals surface area contributed by atoms with Gasteiger partial charge in [0.25, 0.3) is 0 Å². The van der Waals surface area contributed by atoms with Crippen LogP contribution in [-0.2, 0) is 29.1 Å². The molecule has 0 fully saturated rings. The molecule has 1 atom stereocenters. The second kappa shape index (κ2) is 43.5. The number of sulfonamides is 1. The largest absolute Gasteiger partial charge is 0.462 e. The maximum absolute atomic E-state index is 12.8. The summed E-state index contributed by atoms with van der Waals surface area (Å²) in [6.07, 6.45) is 40.0. The quantitative estimate of drug-likeness (QED) is 0.0480. The standard InChI is InChI=1S/C50H100N2O6S/c1-6-11-14-17-22-29-37-47(10-5)57-49(53)40-32-25-20-27-34-43-52(45-36-42-51-59(55,56)46-9-4)44-35-28-21-26-33-41-50(54)58-48(38-30-23-18-15-12-7-2)39-31-24-19-16-13-8-3/h47-48,51H,6-46H2,1-5H3. The van der Waals surface area contributed by atoms with Gasteiger partial charge in [-0.05, 0) is 103 Å². The van der Waals surface area contributed by atoms with Gasteiger partial charge in [-0.15, -0.1) is 0 Å². The van der Waals surface area contributed by atoms with Crippen molar-refractivity contribution >= 4 is 22.0 Å². The van der Waals surface area contributed by atoms with Gasteiger partial charge in [0.1, 0.15) is 12.2 Å². The summed E-state index contributed by atoms with van der Waals surface area (Å²) in [5.74, 6) is 0.148. The van der Waals surface area contributed by atoms with Crippen LogP contribution in [0.1, 0.15) is 266 Å². The summed E-state index contributed by atoms with van der Waals surface area (Å²) in [7, 11) is -3.18. The van der Waals surface area contributed by atoms with Crippen molar-refractivity contribution in [2.24, 2.45) is 0 Å². The van der Waals surface area contributed by atoms with Crippen LogP contribution in [0.3, 0.4) is 0 Å². The summed E-state index contributed by atoms with van der Waals surface area (Å²) in [5, 5.41) is 0. The van der Waals surface area contributed by atoms with Gasteiger partial charge in [0, 0.05) is 19.4 Å². The number of hydrogen-bond donors (Lipinski definition) is 1. The topological polar surface area (TPSA) is 102 Å². The first-order valence-electron chi connectivity index (χ1n) is 25.8. The van der Waals surface area contributed by atoms with E-state index in [9.17, 15) is 18.0 Å². The van der Waals surface area contributed by atoms with Gasteiger partial charge in [-0.2, -0.15) is 0 Å². The normalized spacial score (nSPS) is 12.5. The lowest BCUT2D eigenvalue weighted by Crippen LogP contribution is -2.32. The number of carbonyl (C=O) groups excluding carboxylic acids is 2. The van der Waals surface area contributed by atoms with Crippen LogP contribution in [0.25, 0.3) is 0 Å². The van der Waals surface area contributed by atoms with E-state index in [4.69, 9.17) is 9.47 Å². The molecule has 1 N–H and O–H groups in total. The molecule has 0 aromatic rings. The predicted molar refractivity (Wildman–Crippen MR) is 253 cm³/mol. The maximum atomic E-state index is 12.8. The Bertz CT molecular complexity index is 1010. The van der Waals surface area contributed by atoms with Crippen LogP contribution in [0.4, 0.5) is 0 Å². The minimum absolute atomic E-state index is 0.00318. The summed E-state index contributed by atoms with van der Waals surface area (Å²) in [5.41, 5.74) is 0. The minimum Gasteiger partial charge on any atom is -0.462 e. The summed E-state index contributed by atoms with van der Waals surface area (Å²) in [6.45, 7) is 14.2. The van der Waals surface area contributed by atoms with Crippen molar-refractivity contribution in [3.63, 3.8) is 0 Å². The van der Waals surface area contributed by atoms with Crippen molar-refractivity contribution < 1.29 is 27.5 Å². The van der Waals surface area contributed by atoms with Crippen molar-refractivity contribution in [3.8, 4) is 0 Å². The van der Waals surface area contributed by atoms with Crippen LogP contribution in [0, 0.1) is 0 Å². The van der Waals surface area contributed by atoms with E-state index >= 15 is 0 Å². The van der Waals surface area contributed by atoms with Gasteiger partial charge in [0.2, 0.25) is 10.0 Å². The van der Waals surface area contributed by atoms with Crippen LogP contribution in [0.5, 0.6) is 0 Å². The van der Waals surface area contributed by atoms with Crippen LogP contribution in [0.15, 0.2) is 0 Å². The van der Waals surface area contributed by atoms with E-state index in [0.717, 1.165) is 122 Å². The van der Waals surface area contributed by atoms with Crippen molar-refractivity contribution in [2.45, 2.75) is 278 Å². The smallest absolute Gasteiger partial charge is 0.306 e. The Kier molecular flexibility index (Phi) is 42.6. The fraction of sp³-hybridized carbons (Fsp3) is 0.960. The average molecular weight is 857 g/mol. The zero-order valence-corrected chi connectivity index (χ0v) is 40.8. The molecule has 0 rings (SSSR count). The first-order valence-corrected chi connectivity index (χ1v) is 27.4. The molecule has 59 heavy (non-hydrogen) atoms. The fourth-order valence-corrected chi connectivity index (χ4v) is 9.17. The van der Waals surface area contributed by atoms with E-state index in [0.29, 0.717) is 25.8 Å². The molecule has 0 saturated heterocycles. The zero-order valence-electron chi connectivity index (χ0n) is 40.0. The van der Waals surface area contributed by atoms with E-state index < -0.39 is 10.0 Å². The number of ether oxygens (including phenoxy) is 2. The molecule has 0 aliphatic rings. The maximum Gasteiger partial charge on any atom is 0.306 e. The molecule has 0 amide bonds. The highest BCUT2D eigenvalue weighted by molar-refractivity contribution is 7.89. The predicted octanol–water partition coefficient (Wildman–Crippen LogP) is 14.2. The molecule has 1 unspecified atom stereocenters. The molecule has 0 aliphatic heterocycles. The molecule has 9 heteroatoms. The number of unbranched alkanes of at least 4 members (excludes halogenated alkanes) is 23. The molecule has 352 valence electrons. The van der Waals surface area contributed by atoms with Gasteiger partial charge in [0.15, 0.2) is 0 Å².